The lowest BCUT2D eigenvalue weighted by atomic mass is 10.1. The summed E-state index contributed by atoms with van der Waals surface area (Å²) in [7, 11) is -3.55. The predicted molar refractivity (Wildman–Crippen MR) is 62.9 cm³/mol. The average Bonchev–Trinajstić information content (AvgIpc) is 2.24. The summed E-state index contributed by atoms with van der Waals surface area (Å²) < 4.78 is 22.5. The molecule has 8 heteroatoms. The van der Waals surface area contributed by atoms with E-state index in [1.807, 2.05) is 0 Å². The molecule has 0 saturated heterocycles. The number of carboxylic acids is 1. The van der Waals surface area contributed by atoms with Crippen LogP contribution in [0.5, 0.6) is 0 Å². The van der Waals surface area contributed by atoms with Gasteiger partial charge in [0.05, 0.1) is 15.4 Å². The van der Waals surface area contributed by atoms with Crippen molar-refractivity contribution >= 4 is 27.6 Å². The highest BCUT2D eigenvalue weighted by Gasteiger charge is 2.17. The van der Waals surface area contributed by atoms with Crippen LogP contribution in [-0.4, -0.2) is 30.7 Å². The van der Waals surface area contributed by atoms with E-state index < -0.39 is 26.4 Å². The van der Waals surface area contributed by atoms with Gasteiger partial charge in [0.2, 0.25) is 0 Å². The number of nitrogens with zero attached hydrogens (tertiary/aromatic N) is 1. The molecule has 0 aliphatic carbocycles. The summed E-state index contributed by atoms with van der Waals surface area (Å²) in [6.07, 6.45) is 2.70. The summed E-state index contributed by atoms with van der Waals surface area (Å²) in [6, 6.07) is 3.27. The van der Waals surface area contributed by atoms with E-state index in [9.17, 15) is 23.3 Å². The van der Waals surface area contributed by atoms with E-state index in [-0.39, 0.29) is 10.5 Å². The second kappa shape index (κ2) is 4.96. The van der Waals surface area contributed by atoms with Crippen molar-refractivity contribution in [3.8, 4) is 0 Å². The number of aliphatic carboxylic acids is 1. The second-order valence-corrected chi connectivity index (χ2v) is 5.44. The molecule has 1 aromatic carbocycles. The summed E-state index contributed by atoms with van der Waals surface area (Å²) >= 11 is 0. The lowest BCUT2D eigenvalue weighted by molar-refractivity contribution is -0.385. The molecular formula is C10H9NO6S. The van der Waals surface area contributed by atoms with E-state index in [1.54, 1.807) is 0 Å². The molecule has 0 heterocycles. The zero-order valence-corrected chi connectivity index (χ0v) is 10.0. The third-order valence-corrected chi connectivity index (χ3v) is 3.14. The molecule has 0 atom stereocenters. The van der Waals surface area contributed by atoms with Gasteiger partial charge >= 0.3 is 5.97 Å². The minimum absolute atomic E-state index is 0.0230. The number of hydrogen-bond donors (Lipinski definition) is 1. The first-order valence-corrected chi connectivity index (χ1v) is 6.50. The van der Waals surface area contributed by atoms with Crippen LogP contribution in [0, 0.1) is 10.1 Å². The number of benzene rings is 1. The Morgan fingerprint density at radius 1 is 1.44 bits per heavy atom. The number of carbonyl (C=O) groups is 1. The van der Waals surface area contributed by atoms with Gasteiger partial charge in [0, 0.05) is 18.4 Å². The molecule has 18 heavy (non-hydrogen) atoms. The molecule has 96 valence electrons. The molecule has 0 fully saturated rings. The highest BCUT2D eigenvalue weighted by atomic mass is 32.2. The highest BCUT2D eigenvalue weighted by Crippen LogP contribution is 2.24. The van der Waals surface area contributed by atoms with Crippen molar-refractivity contribution in [1.29, 1.82) is 0 Å². The second-order valence-electron chi connectivity index (χ2n) is 3.42. The first kappa shape index (κ1) is 13.8. The third-order valence-electron chi connectivity index (χ3n) is 2.03. The van der Waals surface area contributed by atoms with Gasteiger partial charge in [-0.05, 0) is 18.2 Å². The quantitative estimate of drug-likeness (QED) is 0.498. The maximum Gasteiger partial charge on any atom is 0.328 e. The van der Waals surface area contributed by atoms with Crippen LogP contribution >= 0.6 is 0 Å². The van der Waals surface area contributed by atoms with Gasteiger partial charge in [0.25, 0.3) is 5.69 Å². The number of nitro benzene ring substituents is 1. The average molecular weight is 271 g/mol. The third kappa shape index (κ3) is 3.39. The Labute approximate surface area is 102 Å². The van der Waals surface area contributed by atoms with Crippen molar-refractivity contribution in [3.05, 3.63) is 40.0 Å². The fourth-order valence-electron chi connectivity index (χ4n) is 1.21. The van der Waals surface area contributed by atoms with Crippen LogP contribution in [0.25, 0.3) is 6.08 Å². The molecule has 0 radical (unpaired) electrons. The summed E-state index contributed by atoms with van der Waals surface area (Å²) in [5.74, 6) is -1.25. The molecule has 0 aromatic heterocycles. The molecule has 0 aliphatic heterocycles. The van der Waals surface area contributed by atoms with E-state index in [4.69, 9.17) is 5.11 Å². The van der Waals surface area contributed by atoms with E-state index in [0.717, 1.165) is 24.5 Å². The van der Waals surface area contributed by atoms with Crippen molar-refractivity contribution < 1.29 is 23.2 Å². The van der Waals surface area contributed by atoms with Crippen LogP contribution in [0.4, 0.5) is 5.69 Å². The first-order valence-electron chi connectivity index (χ1n) is 4.61. The maximum atomic E-state index is 11.3. The van der Waals surface area contributed by atoms with Gasteiger partial charge in [-0.2, -0.15) is 0 Å². The van der Waals surface area contributed by atoms with Crippen LogP contribution in [0.2, 0.25) is 0 Å². The van der Waals surface area contributed by atoms with Crippen LogP contribution in [0.15, 0.2) is 29.2 Å². The predicted octanol–water partition coefficient (Wildman–Crippen LogP) is 1.10. The summed E-state index contributed by atoms with van der Waals surface area (Å²) in [4.78, 5) is 20.1. The lowest BCUT2D eigenvalue weighted by Crippen LogP contribution is -2.00. The monoisotopic (exact) mass is 271 g/mol. The normalized spacial score (nSPS) is 11.6. The van der Waals surface area contributed by atoms with Crippen molar-refractivity contribution in [2.24, 2.45) is 0 Å². The Balaban J connectivity index is 3.39. The molecule has 1 aromatic rings. The molecule has 0 amide bonds. The molecule has 1 N–H and O–H groups in total. The van der Waals surface area contributed by atoms with E-state index >= 15 is 0 Å². The highest BCUT2D eigenvalue weighted by molar-refractivity contribution is 7.90. The Morgan fingerprint density at radius 3 is 2.50 bits per heavy atom. The Hall–Kier alpha value is -2.22. The molecule has 0 bridgehead atoms. The minimum Gasteiger partial charge on any atom is -0.478 e. The van der Waals surface area contributed by atoms with Crippen LogP contribution in [0.3, 0.4) is 0 Å². The van der Waals surface area contributed by atoms with Crippen LogP contribution < -0.4 is 0 Å². The lowest BCUT2D eigenvalue weighted by Gasteiger charge is -2.01. The zero-order chi connectivity index (χ0) is 13.9. The number of rotatable bonds is 4. The topological polar surface area (TPSA) is 115 Å². The van der Waals surface area contributed by atoms with Gasteiger partial charge < -0.3 is 5.11 Å². The largest absolute Gasteiger partial charge is 0.478 e. The molecule has 0 aliphatic rings. The Kier molecular flexibility index (Phi) is 3.82. The SMILES string of the molecule is CS(=O)(=O)c1ccc(/C=C/C(=O)O)c([N+](=O)[O-])c1. The fraction of sp³-hybridized carbons (Fsp3) is 0.100. The van der Waals surface area contributed by atoms with E-state index in [1.165, 1.54) is 12.1 Å². The molecule has 0 saturated carbocycles. The summed E-state index contributed by atoms with van der Waals surface area (Å²) in [6.45, 7) is 0. The summed E-state index contributed by atoms with van der Waals surface area (Å²) in [5.41, 5.74) is -0.440. The molecule has 7 nitrogen and oxygen atoms in total. The summed E-state index contributed by atoms with van der Waals surface area (Å²) in [5, 5.41) is 19.2. The van der Waals surface area contributed by atoms with Gasteiger partial charge in [-0.15, -0.1) is 0 Å². The van der Waals surface area contributed by atoms with Gasteiger partial charge in [-0.25, -0.2) is 13.2 Å². The van der Waals surface area contributed by atoms with Crippen molar-refractivity contribution in [2.45, 2.75) is 4.90 Å². The van der Waals surface area contributed by atoms with E-state index in [0.29, 0.717) is 0 Å². The smallest absolute Gasteiger partial charge is 0.328 e. The zero-order valence-electron chi connectivity index (χ0n) is 9.23. The minimum atomic E-state index is -3.55. The van der Waals surface area contributed by atoms with Crippen molar-refractivity contribution in [2.75, 3.05) is 6.26 Å². The number of sulfone groups is 1. The molecule has 1 rings (SSSR count). The first-order chi connectivity index (χ1) is 8.21. The molecular weight excluding hydrogens is 262 g/mol. The van der Waals surface area contributed by atoms with Gasteiger partial charge in [-0.1, -0.05) is 0 Å². The number of carboxylic acid groups (broad SMARTS) is 1. The van der Waals surface area contributed by atoms with Crippen molar-refractivity contribution in [1.82, 2.24) is 0 Å². The number of hydrogen-bond acceptors (Lipinski definition) is 5. The number of nitro groups is 1. The molecule has 0 spiro atoms. The fourth-order valence-corrected chi connectivity index (χ4v) is 1.86. The van der Waals surface area contributed by atoms with E-state index in [2.05, 4.69) is 0 Å². The Morgan fingerprint density at radius 2 is 2.06 bits per heavy atom. The maximum absolute atomic E-state index is 11.3. The standard InChI is InChI=1S/C10H9NO6S/c1-18(16,17)8-4-2-7(3-5-10(12)13)9(6-8)11(14)15/h2-6H,1H3,(H,12,13)/b5-3+. The van der Waals surface area contributed by atoms with Gasteiger partial charge in [0.1, 0.15) is 0 Å². The van der Waals surface area contributed by atoms with Crippen LogP contribution in [-0.2, 0) is 14.6 Å². The van der Waals surface area contributed by atoms with Crippen LogP contribution in [0.1, 0.15) is 5.56 Å². The van der Waals surface area contributed by atoms with Crippen molar-refractivity contribution in [3.63, 3.8) is 0 Å². The van der Waals surface area contributed by atoms with Gasteiger partial charge in [0.15, 0.2) is 9.84 Å². The molecule has 0 unspecified atom stereocenters. The van der Waals surface area contributed by atoms with Gasteiger partial charge in [-0.3, -0.25) is 10.1 Å². The Bertz CT molecular complexity index is 632.